The van der Waals surface area contributed by atoms with Gasteiger partial charge < -0.3 is 9.47 Å². The molecule has 0 unspecified atom stereocenters. The topological polar surface area (TPSA) is 18.5 Å². The van der Waals surface area contributed by atoms with E-state index in [2.05, 4.69) is 52.0 Å². The molecule has 0 radical (unpaired) electrons. The molecule has 2 atom stereocenters. The minimum absolute atomic E-state index is 0.0986. The van der Waals surface area contributed by atoms with Crippen molar-refractivity contribution in [3.05, 3.63) is 35.9 Å². The van der Waals surface area contributed by atoms with Crippen molar-refractivity contribution in [1.29, 1.82) is 0 Å². The molecule has 1 aliphatic rings. The molecule has 0 aliphatic carbocycles. The van der Waals surface area contributed by atoms with Crippen LogP contribution in [0.5, 0.6) is 0 Å². The van der Waals surface area contributed by atoms with Gasteiger partial charge in [-0.05, 0) is 11.5 Å². The molecule has 1 fully saturated rings. The van der Waals surface area contributed by atoms with Crippen molar-refractivity contribution in [2.75, 3.05) is 6.61 Å². The summed E-state index contributed by atoms with van der Waals surface area (Å²) in [6.45, 7) is 9.65. The molecule has 1 aromatic carbocycles. The van der Waals surface area contributed by atoms with Crippen LogP contribution < -0.4 is 0 Å². The molecule has 1 aromatic rings. The fourth-order valence-electron chi connectivity index (χ4n) is 2.75. The predicted molar refractivity (Wildman–Crippen MR) is 73.4 cm³/mol. The molecule has 0 saturated carbocycles. The summed E-state index contributed by atoms with van der Waals surface area (Å²) in [4.78, 5) is 0. The maximum absolute atomic E-state index is 6.14. The summed E-state index contributed by atoms with van der Waals surface area (Å²) in [6.07, 6.45) is 0.993. The Balaban J connectivity index is 2.01. The van der Waals surface area contributed by atoms with Crippen molar-refractivity contribution in [2.24, 2.45) is 11.3 Å². The molecular weight excluding hydrogens is 224 g/mol. The Morgan fingerprint density at radius 3 is 2.50 bits per heavy atom. The van der Waals surface area contributed by atoms with Crippen LogP contribution in [0.25, 0.3) is 0 Å². The van der Waals surface area contributed by atoms with E-state index >= 15 is 0 Å². The van der Waals surface area contributed by atoms with E-state index in [1.807, 2.05) is 6.07 Å². The Hall–Kier alpha value is -0.860. The average Bonchev–Trinajstić information content (AvgIpc) is 2.32. The lowest BCUT2D eigenvalue weighted by molar-refractivity contribution is -0.268. The molecule has 100 valence electrons. The van der Waals surface area contributed by atoms with Crippen LogP contribution in [-0.4, -0.2) is 19.0 Å². The second-order valence-electron chi connectivity index (χ2n) is 6.22. The molecule has 1 saturated heterocycles. The van der Waals surface area contributed by atoms with Crippen molar-refractivity contribution >= 4 is 0 Å². The SMILES string of the molecule is CC(C)[C@H]1O[C@H](Cc2ccccc2)OCC1(C)C. The lowest BCUT2D eigenvalue weighted by atomic mass is 9.80. The van der Waals surface area contributed by atoms with Gasteiger partial charge in [0.1, 0.15) is 0 Å². The fourth-order valence-corrected chi connectivity index (χ4v) is 2.75. The summed E-state index contributed by atoms with van der Waals surface area (Å²) < 4.78 is 12.0. The van der Waals surface area contributed by atoms with Crippen LogP contribution in [0.2, 0.25) is 0 Å². The fraction of sp³-hybridized carbons (Fsp3) is 0.625. The first-order chi connectivity index (χ1) is 8.49. The maximum Gasteiger partial charge on any atom is 0.162 e. The van der Waals surface area contributed by atoms with E-state index in [9.17, 15) is 0 Å². The van der Waals surface area contributed by atoms with E-state index < -0.39 is 0 Å². The van der Waals surface area contributed by atoms with Gasteiger partial charge >= 0.3 is 0 Å². The van der Waals surface area contributed by atoms with E-state index in [0.717, 1.165) is 13.0 Å². The molecule has 2 heteroatoms. The van der Waals surface area contributed by atoms with E-state index in [0.29, 0.717) is 5.92 Å². The maximum atomic E-state index is 6.14. The van der Waals surface area contributed by atoms with Gasteiger partial charge in [-0.1, -0.05) is 58.0 Å². The zero-order valence-electron chi connectivity index (χ0n) is 11.8. The molecule has 0 spiro atoms. The Kier molecular flexibility index (Phi) is 4.08. The van der Waals surface area contributed by atoms with Crippen molar-refractivity contribution in [1.82, 2.24) is 0 Å². The zero-order chi connectivity index (χ0) is 13.2. The van der Waals surface area contributed by atoms with Gasteiger partial charge in [0.15, 0.2) is 6.29 Å². The first-order valence-corrected chi connectivity index (χ1v) is 6.80. The number of ether oxygens (including phenoxy) is 2. The van der Waals surface area contributed by atoms with Crippen molar-refractivity contribution in [2.45, 2.75) is 46.5 Å². The molecule has 18 heavy (non-hydrogen) atoms. The largest absolute Gasteiger partial charge is 0.352 e. The molecule has 2 nitrogen and oxygen atoms in total. The lowest BCUT2D eigenvalue weighted by Gasteiger charge is -2.44. The highest BCUT2D eigenvalue weighted by atomic mass is 16.7. The average molecular weight is 248 g/mol. The standard InChI is InChI=1S/C16H24O2/c1-12(2)15-16(3,4)11-17-14(18-15)10-13-8-6-5-7-9-13/h5-9,12,14-15H,10-11H2,1-4H3/t14-,15-/m1/s1. The smallest absolute Gasteiger partial charge is 0.162 e. The van der Waals surface area contributed by atoms with Gasteiger partial charge in [0.2, 0.25) is 0 Å². The van der Waals surface area contributed by atoms with Gasteiger partial charge in [-0.15, -0.1) is 0 Å². The van der Waals surface area contributed by atoms with E-state index in [-0.39, 0.29) is 17.8 Å². The molecule has 0 aromatic heterocycles. The van der Waals surface area contributed by atoms with Crippen LogP contribution in [0.4, 0.5) is 0 Å². The first kappa shape index (κ1) is 13.6. The second-order valence-corrected chi connectivity index (χ2v) is 6.22. The Morgan fingerprint density at radius 1 is 1.22 bits per heavy atom. The summed E-state index contributed by atoms with van der Waals surface area (Å²) in [7, 11) is 0. The molecule has 1 aliphatic heterocycles. The highest BCUT2D eigenvalue weighted by molar-refractivity contribution is 5.15. The van der Waals surface area contributed by atoms with Gasteiger partial charge in [-0.3, -0.25) is 0 Å². The monoisotopic (exact) mass is 248 g/mol. The van der Waals surface area contributed by atoms with Crippen LogP contribution in [-0.2, 0) is 15.9 Å². The molecule has 0 amide bonds. The third-order valence-electron chi connectivity index (χ3n) is 3.56. The summed E-state index contributed by atoms with van der Waals surface area (Å²) in [5.74, 6) is 0.516. The van der Waals surface area contributed by atoms with Crippen molar-refractivity contribution < 1.29 is 9.47 Å². The summed E-state index contributed by atoms with van der Waals surface area (Å²) in [5.41, 5.74) is 1.37. The third kappa shape index (κ3) is 3.12. The minimum Gasteiger partial charge on any atom is -0.352 e. The number of benzene rings is 1. The second kappa shape index (κ2) is 5.41. The first-order valence-electron chi connectivity index (χ1n) is 6.80. The van der Waals surface area contributed by atoms with Crippen LogP contribution >= 0.6 is 0 Å². The Labute approximate surface area is 110 Å². The Morgan fingerprint density at radius 2 is 1.89 bits per heavy atom. The third-order valence-corrected chi connectivity index (χ3v) is 3.56. The highest BCUT2D eigenvalue weighted by Crippen LogP contribution is 2.35. The molecule has 0 bridgehead atoms. The van der Waals surface area contributed by atoms with Crippen LogP contribution in [0.3, 0.4) is 0 Å². The van der Waals surface area contributed by atoms with Gasteiger partial charge in [0.05, 0.1) is 12.7 Å². The van der Waals surface area contributed by atoms with Gasteiger partial charge in [0.25, 0.3) is 0 Å². The number of rotatable bonds is 3. The van der Waals surface area contributed by atoms with Gasteiger partial charge in [0, 0.05) is 11.8 Å². The summed E-state index contributed by atoms with van der Waals surface area (Å²) >= 11 is 0. The molecule has 1 heterocycles. The minimum atomic E-state index is -0.104. The molecule has 0 N–H and O–H groups in total. The van der Waals surface area contributed by atoms with Gasteiger partial charge in [-0.25, -0.2) is 0 Å². The van der Waals surface area contributed by atoms with E-state index in [1.165, 1.54) is 5.56 Å². The quantitative estimate of drug-likeness (QED) is 0.813. The van der Waals surface area contributed by atoms with Crippen molar-refractivity contribution in [3.63, 3.8) is 0 Å². The summed E-state index contributed by atoms with van der Waals surface area (Å²) in [5, 5.41) is 0. The van der Waals surface area contributed by atoms with E-state index in [1.54, 1.807) is 0 Å². The van der Waals surface area contributed by atoms with Crippen molar-refractivity contribution in [3.8, 4) is 0 Å². The van der Waals surface area contributed by atoms with Crippen LogP contribution in [0.15, 0.2) is 30.3 Å². The lowest BCUT2D eigenvalue weighted by Crippen LogP contribution is -2.48. The molecule has 2 rings (SSSR count). The zero-order valence-corrected chi connectivity index (χ0v) is 11.8. The Bertz CT molecular complexity index is 370. The van der Waals surface area contributed by atoms with Crippen LogP contribution in [0.1, 0.15) is 33.3 Å². The number of hydrogen-bond donors (Lipinski definition) is 0. The van der Waals surface area contributed by atoms with Gasteiger partial charge in [-0.2, -0.15) is 0 Å². The molecular formula is C16H24O2. The normalized spacial score (nSPS) is 27.4. The number of hydrogen-bond acceptors (Lipinski definition) is 2. The predicted octanol–water partition coefficient (Wildman–Crippen LogP) is 3.65. The summed E-state index contributed by atoms with van der Waals surface area (Å²) in [6, 6.07) is 10.4. The van der Waals surface area contributed by atoms with E-state index in [4.69, 9.17) is 9.47 Å². The van der Waals surface area contributed by atoms with Crippen LogP contribution in [0, 0.1) is 11.3 Å². The highest BCUT2D eigenvalue weighted by Gasteiger charge is 2.39.